The fourth-order valence-corrected chi connectivity index (χ4v) is 4.04. The minimum absolute atomic E-state index is 0.0380. The second-order valence-electron chi connectivity index (χ2n) is 7.75. The Labute approximate surface area is 169 Å². The van der Waals surface area contributed by atoms with Crippen molar-refractivity contribution in [3.05, 3.63) is 70.0 Å². The number of aromatic nitrogens is 3. The average molecular weight is 394 g/mol. The first kappa shape index (κ1) is 19.4. The highest BCUT2D eigenvalue weighted by atomic mass is 16.3. The molecule has 3 aromatic rings. The zero-order valence-electron chi connectivity index (χ0n) is 16.5. The molecule has 0 atom stereocenters. The highest BCUT2D eigenvalue weighted by Gasteiger charge is 2.24. The summed E-state index contributed by atoms with van der Waals surface area (Å²) in [6.45, 7) is 2.19. The van der Waals surface area contributed by atoms with Gasteiger partial charge in [0.15, 0.2) is 0 Å². The molecule has 1 aliphatic carbocycles. The summed E-state index contributed by atoms with van der Waals surface area (Å²) in [6, 6.07) is 7.67. The Kier molecular flexibility index (Phi) is 5.49. The molecule has 7 nitrogen and oxygen atoms in total. The van der Waals surface area contributed by atoms with E-state index < -0.39 is 0 Å². The number of carbonyl (C=O) groups is 1. The van der Waals surface area contributed by atoms with E-state index in [4.69, 9.17) is 0 Å². The molecule has 1 aliphatic rings. The van der Waals surface area contributed by atoms with Gasteiger partial charge in [0.25, 0.3) is 11.5 Å². The van der Waals surface area contributed by atoms with Crippen molar-refractivity contribution in [1.29, 1.82) is 0 Å². The van der Waals surface area contributed by atoms with E-state index in [0.29, 0.717) is 31.4 Å². The summed E-state index contributed by atoms with van der Waals surface area (Å²) in [5.41, 5.74) is 2.38. The maximum Gasteiger partial charge on any atom is 0.263 e. The normalized spacial score (nSPS) is 19.4. The van der Waals surface area contributed by atoms with Crippen LogP contribution in [0.2, 0.25) is 0 Å². The van der Waals surface area contributed by atoms with E-state index in [1.807, 2.05) is 41.1 Å². The van der Waals surface area contributed by atoms with E-state index in [-0.39, 0.29) is 29.2 Å². The predicted octanol–water partition coefficient (Wildman–Crippen LogP) is 2.25. The average Bonchev–Trinajstić information content (AvgIpc) is 3.12. The lowest BCUT2D eigenvalue weighted by molar-refractivity contribution is 0.0947. The summed E-state index contributed by atoms with van der Waals surface area (Å²) >= 11 is 0. The summed E-state index contributed by atoms with van der Waals surface area (Å²) < 4.78 is 3.61. The maximum absolute atomic E-state index is 13.0. The first-order valence-electron chi connectivity index (χ1n) is 10.1. The number of aryl methyl sites for hydroxylation is 1. The highest BCUT2D eigenvalue weighted by molar-refractivity contribution is 5.95. The third-order valence-electron chi connectivity index (χ3n) is 5.70. The maximum atomic E-state index is 13.0. The number of rotatable bonds is 5. The highest BCUT2D eigenvalue weighted by Crippen LogP contribution is 2.27. The van der Waals surface area contributed by atoms with Crippen molar-refractivity contribution in [3.8, 4) is 0 Å². The lowest BCUT2D eigenvalue weighted by atomic mass is 9.92. The Bertz CT molecular complexity index is 1040. The van der Waals surface area contributed by atoms with E-state index >= 15 is 0 Å². The van der Waals surface area contributed by atoms with Gasteiger partial charge in [0.05, 0.1) is 11.8 Å². The number of nitrogens with zero attached hydrogens (tertiary/aromatic N) is 3. The molecule has 1 amide bonds. The summed E-state index contributed by atoms with van der Waals surface area (Å²) in [7, 11) is 0. The van der Waals surface area contributed by atoms with E-state index in [2.05, 4.69) is 10.3 Å². The second kappa shape index (κ2) is 8.21. The number of nitrogens with one attached hydrogen (secondary N) is 1. The molecular formula is C22H26N4O3. The van der Waals surface area contributed by atoms with Gasteiger partial charge in [-0.1, -0.05) is 6.07 Å². The van der Waals surface area contributed by atoms with Crippen LogP contribution in [-0.4, -0.2) is 37.6 Å². The number of imidazole rings is 1. The molecule has 0 saturated heterocycles. The lowest BCUT2D eigenvalue weighted by Gasteiger charge is -2.27. The lowest BCUT2D eigenvalue weighted by Crippen LogP contribution is -2.37. The van der Waals surface area contributed by atoms with Crippen molar-refractivity contribution in [1.82, 2.24) is 19.3 Å². The summed E-state index contributed by atoms with van der Waals surface area (Å²) in [5.74, 6) is -0.346. The summed E-state index contributed by atoms with van der Waals surface area (Å²) in [6.07, 6.45) is 8.83. The van der Waals surface area contributed by atoms with Crippen molar-refractivity contribution >= 4 is 11.6 Å². The Hall–Kier alpha value is -2.93. The van der Waals surface area contributed by atoms with Gasteiger partial charge in [-0.15, -0.1) is 0 Å². The third kappa shape index (κ3) is 4.10. The van der Waals surface area contributed by atoms with Crippen molar-refractivity contribution in [2.45, 2.75) is 51.2 Å². The van der Waals surface area contributed by atoms with Gasteiger partial charge in [-0.3, -0.25) is 9.59 Å². The van der Waals surface area contributed by atoms with Crippen LogP contribution in [0.5, 0.6) is 0 Å². The number of aliphatic hydroxyl groups is 1. The minimum atomic E-state index is -0.346. The van der Waals surface area contributed by atoms with Crippen molar-refractivity contribution in [3.63, 3.8) is 0 Å². The van der Waals surface area contributed by atoms with Crippen molar-refractivity contribution < 1.29 is 9.90 Å². The molecule has 29 heavy (non-hydrogen) atoms. The Morgan fingerprint density at radius 3 is 2.76 bits per heavy atom. The van der Waals surface area contributed by atoms with Gasteiger partial charge in [-0.25, -0.2) is 4.98 Å². The number of amides is 1. The summed E-state index contributed by atoms with van der Waals surface area (Å²) in [5, 5.41) is 12.6. The molecule has 2 N–H and O–H groups in total. The standard InChI is InChI=1S/C22H26N4O3/c1-15-10-13-26(17-5-7-18(27)8-6-17)22(29)20(15)21(28)23-11-9-16-14-25-12-3-2-4-19(25)24-16/h2-4,10,12-14,17-18,27H,5-9,11H2,1H3,(H,23,28). The molecule has 0 radical (unpaired) electrons. The number of pyridine rings is 2. The van der Waals surface area contributed by atoms with Crippen LogP contribution < -0.4 is 10.9 Å². The van der Waals surface area contributed by atoms with Crippen LogP contribution in [0.3, 0.4) is 0 Å². The summed E-state index contributed by atoms with van der Waals surface area (Å²) in [4.78, 5) is 30.3. The molecule has 152 valence electrons. The molecule has 0 aliphatic heterocycles. The first-order chi connectivity index (χ1) is 14.0. The van der Waals surface area contributed by atoms with E-state index in [0.717, 1.165) is 24.2 Å². The van der Waals surface area contributed by atoms with Crippen molar-refractivity contribution in [2.75, 3.05) is 6.54 Å². The van der Waals surface area contributed by atoms with Gasteiger partial charge < -0.3 is 19.4 Å². The number of fused-ring (bicyclic) bond motifs is 1. The van der Waals surface area contributed by atoms with Crippen LogP contribution in [0.1, 0.15) is 53.3 Å². The first-order valence-corrected chi connectivity index (χ1v) is 10.1. The van der Waals surface area contributed by atoms with E-state index in [1.54, 1.807) is 17.7 Å². The van der Waals surface area contributed by atoms with E-state index in [9.17, 15) is 14.7 Å². The van der Waals surface area contributed by atoms with Gasteiger partial charge in [-0.2, -0.15) is 0 Å². The Morgan fingerprint density at radius 2 is 2.00 bits per heavy atom. The number of carbonyl (C=O) groups excluding carboxylic acids is 1. The minimum Gasteiger partial charge on any atom is -0.393 e. The monoisotopic (exact) mass is 394 g/mol. The van der Waals surface area contributed by atoms with Crippen LogP contribution in [0.4, 0.5) is 0 Å². The van der Waals surface area contributed by atoms with Gasteiger partial charge in [0.2, 0.25) is 0 Å². The second-order valence-corrected chi connectivity index (χ2v) is 7.75. The van der Waals surface area contributed by atoms with Crippen LogP contribution in [0, 0.1) is 6.92 Å². The fraction of sp³-hybridized carbons (Fsp3) is 0.409. The quantitative estimate of drug-likeness (QED) is 0.695. The van der Waals surface area contributed by atoms with Crippen molar-refractivity contribution in [2.24, 2.45) is 0 Å². The molecule has 0 bridgehead atoms. The third-order valence-corrected chi connectivity index (χ3v) is 5.70. The predicted molar refractivity (Wildman–Crippen MR) is 110 cm³/mol. The smallest absolute Gasteiger partial charge is 0.263 e. The van der Waals surface area contributed by atoms with Gasteiger partial charge in [-0.05, 0) is 56.4 Å². The zero-order chi connectivity index (χ0) is 20.4. The molecule has 3 heterocycles. The van der Waals surface area contributed by atoms with Gasteiger partial charge in [0, 0.05) is 37.6 Å². The molecular weight excluding hydrogens is 368 g/mol. The molecule has 0 spiro atoms. The van der Waals surface area contributed by atoms with Crippen LogP contribution >= 0.6 is 0 Å². The fourth-order valence-electron chi connectivity index (χ4n) is 4.04. The molecule has 3 aromatic heterocycles. The molecule has 0 aromatic carbocycles. The van der Waals surface area contributed by atoms with E-state index in [1.165, 1.54) is 0 Å². The Morgan fingerprint density at radius 1 is 1.21 bits per heavy atom. The molecule has 4 rings (SSSR count). The largest absolute Gasteiger partial charge is 0.393 e. The molecule has 7 heteroatoms. The van der Waals surface area contributed by atoms with Gasteiger partial charge in [0.1, 0.15) is 11.2 Å². The molecule has 0 unspecified atom stereocenters. The molecule has 1 fully saturated rings. The van der Waals surface area contributed by atoms with Crippen LogP contribution in [-0.2, 0) is 6.42 Å². The molecule has 1 saturated carbocycles. The number of aliphatic hydroxyl groups excluding tert-OH is 1. The number of hydrogen-bond acceptors (Lipinski definition) is 4. The number of hydrogen-bond donors (Lipinski definition) is 2. The van der Waals surface area contributed by atoms with Gasteiger partial charge >= 0.3 is 0 Å². The van der Waals surface area contributed by atoms with Crippen LogP contribution in [0.25, 0.3) is 5.65 Å². The topological polar surface area (TPSA) is 88.6 Å². The zero-order valence-corrected chi connectivity index (χ0v) is 16.5. The van der Waals surface area contributed by atoms with Crippen LogP contribution in [0.15, 0.2) is 47.7 Å². The Balaban J connectivity index is 1.45. The SMILES string of the molecule is Cc1ccn(C2CCC(O)CC2)c(=O)c1C(=O)NCCc1cn2ccccc2n1.